The number of hydrogen-bond acceptors (Lipinski definition) is 4. The van der Waals surface area contributed by atoms with Crippen molar-refractivity contribution in [1.29, 1.82) is 0 Å². The van der Waals surface area contributed by atoms with Crippen molar-refractivity contribution in [3.8, 4) is 11.3 Å². The minimum atomic E-state index is -0.599. The van der Waals surface area contributed by atoms with Gasteiger partial charge in [-0.3, -0.25) is 9.59 Å². The van der Waals surface area contributed by atoms with E-state index in [1.165, 1.54) is 25.1 Å². The van der Waals surface area contributed by atoms with Gasteiger partial charge in [0.15, 0.2) is 0 Å². The first-order valence-electron chi connectivity index (χ1n) is 6.85. The van der Waals surface area contributed by atoms with Crippen LogP contribution in [0.1, 0.15) is 23.0 Å². The minimum Gasteiger partial charge on any atom is -0.360 e. The van der Waals surface area contributed by atoms with Gasteiger partial charge in [-0.05, 0) is 19.1 Å². The molecule has 1 heterocycles. The van der Waals surface area contributed by atoms with Crippen molar-refractivity contribution in [3.05, 3.63) is 40.4 Å². The van der Waals surface area contributed by atoms with Crippen molar-refractivity contribution in [2.75, 3.05) is 13.1 Å². The van der Waals surface area contributed by atoms with Gasteiger partial charge < -0.3 is 15.2 Å². The van der Waals surface area contributed by atoms with Crippen molar-refractivity contribution >= 4 is 23.4 Å². The van der Waals surface area contributed by atoms with Crippen LogP contribution in [0.4, 0.5) is 4.39 Å². The zero-order chi connectivity index (χ0) is 17.0. The maximum atomic E-state index is 14.0. The smallest absolute Gasteiger partial charge is 0.257 e. The molecule has 0 unspecified atom stereocenters. The highest BCUT2D eigenvalue weighted by molar-refractivity contribution is 6.33. The average Bonchev–Trinajstić information content (AvgIpc) is 2.85. The van der Waals surface area contributed by atoms with Crippen LogP contribution in [-0.4, -0.2) is 30.1 Å². The second-order valence-corrected chi connectivity index (χ2v) is 5.21. The van der Waals surface area contributed by atoms with Crippen LogP contribution in [0.3, 0.4) is 0 Å². The molecule has 2 N–H and O–H groups in total. The van der Waals surface area contributed by atoms with E-state index in [2.05, 4.69) is 15.8 Å². The van der Waals surface area contributed by atoms with Crippen LogP contribution in [-0.2, 0) is 4.79 Å². The molecule has 2 aromatic rings. The Morgan fingerprint density at radius 1 is 1.30 bits per heavy atom. The molecule has 2 amide bonds. The van der Waals surface area contributed by atoms with Crippen molar-refractivity contribution in [3.63, 3.8) is 0 Å². The lowest BCUT2D eigenvalue weighted by Crippen LogP contribution is -2.34. The second-order valence-electron chi connectivity index (χ2n) is 4.80. The molecule has 1 aromatic carbocycles. The molecule has 6 nitrogen and oxygen atoms in total. The lowest BCUT2D eigenvalue weighted by atomic mass is 10.0. The highest BCUT2D eigenvalue weighted by atomic mass is 35.5. The zero-order valence-electron chi connectivity index (χ0n) is 12.6. The Hall–Kier alpha value is -2.41. The molecule has 2 rings (SSSR count). The Morgan fingerprint density at radius 2 is 2.00 bits per heavy atom. The summed E-state index contributed by atoms with van der Waals surface area (Å²) in [5, 5.41) is 9.05. The van der Waals surface area contributed by atoms with Gasteiger partial charge in [-0.2, -0.15) is 0 Å². The lowest BCUT2D eigenvalue weighted by Gasteiger charge is -2.07. The minimum absolute atomic E-state index is 0.0121. The molecule has 122 valence electrons. The Kier molecular flexibility index (Phi) is 5.33. The van der Waals surface area contributed by atoms with Gasteiger partial charge in [0, 0.05) is 20.0 Å². The number of amides is 2. The standard InChI is InChI=1S/C15H15ClFN3O3/c1-8-12(15(22)19-7-6-18-9(2)21)14(20-23-8)13-10(16)4-3-5-11(13)17/h3-5H,6-7H2,1-2H3,(H,18,21)(H,19,22). The molecule has 0 saturated heterocycles. The number of benzene rings is 1. The number of nitrogens with zero attached hydrogens (tertiary/aromatic N) is 1. The maximum Gasteiger partial charge on any atom is 0.257 e. The fourth-order valence-corrected chi connectivity index (χ4v) is 2.29. The number of rotatable bonds is 5. The topological polar surface area (TPSA) is 84.2 Å². The predicted octanol–water partition coefficient (Wildman–Crippen LogP) is 2.31. The van der Waals surface area contributed by atoms with Crippen LogP contribution < -0.4 is 10.6 Å². The summed E-state index contributed by atoms with van der Waals surface area (Å²) in [7, 11) is 0. The number of nitrogens with one attached hydrogen (secondary N) is 2. The molecule has 1 aromatic heterocycles. The lowest BCUT2D eigenvalue weighted by molar-refractivity contribution is -0.118. The van der Waals surface area contributed by atoms with Crippen LogP contribution in [0.15, 0.2) is 22.7 Å². The SMILES string of the molecule is CC(=O)NCCNC(=O)c1c(-c2c(F)cccc2Cl)noc1C. The second kappa shape index (κ2) is 7.23. The fraction of sp³-hybridized carbons (Fsp3) is 0.267. The van der Waals surface area contributed by atoms with E-state index in [1.807, 2.05) is 0 Å². The molecule has 8 heteroatoms. The zero-order valence-corrected chi connectivity index (χ0v) is 13.3. The number of hydrogen-bond donors (Lipinski definition) is 2. The Labute approximate surface area is 137 Å². The number of carbonyl (C=O) groups excluding carboxylic acids is 2. The van der Waals surface area contributed by atoms with Gasteiger partial charge in [0.2, 0.25) is 5.91 Å². The van der Waals surface area contributed by atoms with Gasteiger partial charge in [-0.15, -0.1) is 0 Å². The predicted molar refractivity (Wildman–Crippen MR) is 82.7 cm³/mol. The normalized spacial score (nSPS) is 10.4. The fourth-order valence-electron chi connectivity index (χ4n) is 2.04. The highest BCUT2D eigenvalue weighted by Gasteiger charge is 2.25. The third-order valence-electron chi connectivity index (χ3n) is 3.07. The van der Waals surface area contributed by atoms with Crippen molar-refractivity contribution in [2.24, 2.45) is 0 Å². The first-order chi connectivity index (χ1) is 10.9. The molecule has 0 aliphatic carbocycles. The summed E-state index contributed by atoms with van der Waals surface area (Å²) in [5.74, 6) is -1.03. The molecule has 0 atom stereocenters. The summed E-state index contributed by atoms with van der Waals surface area (Å²) in [6.45, 7) is 3.42. The van der Waals surface area contributed by atoms with E-state index in [1.54, 1.807) is 6.92 Å². The van der Waals surface area contributed by atoms with Gasteiger partial charge >= 0.3 is 0 Å². The van der Waals surface area contributed by atoms with Crippen LogP contribution >= 0.6 is 11.6 Å². The molecule has 0 saturated carbocycles. The summed E-state index contributed by atoms with van der Waals surface area (Å²) in [5.41, 5.74) is 0.167. The first-order valence-corrected chi connectivity index (χ1v) is 7.23. The third-order valence-corrected chi connectivity index (χ3v) is 3.39. The molecule has 0 aliphatic rings. The van der Waals surface area contributed by atoms with Crippen molar-refractivity contribution < 1.29 is 18.5 Å². The van der Waals surface area contributed by atoms with Gasteiger partial charge in [0.05, 0.1) is 10.6 Å². The monoisotopic (exact) mass is 339 g/mol. The van der Waals surface area contributed by atoms with E-state index in [9.17, 15) is 14.0 Å². The Balaban J connectivity index is 2.25. The van der Waals surface area contributed by atoms with E-state index >= 15 is 0 Å². The van der Waals surface area contributed by atoms with Gasteiger partial charge in [-0.1, -0.05) is 22.8 Å². The summed E-state index contributed by atoms with van der Waals surface area (Å²) < 4.78 is 19.1. The number of aryl methyl sites for hydroxylation is 1. The number of halogens is 2. The van der Waals surface area contributed by atoms with Crippen LogP contribution in [0.2, 0.25) is 5.02 Å². The van der Waals surface area contributed by atoms with Gasteiger partial charge in [0.1, 0.15) is 22.8 Å². The summed E-state index contributed by atoms with van der Waals surface area (Å²) in [4.78, 5) is 23.1. The molecule has 0 radical (unpaired) electrons. The van der Waals surface area contributed by atoms with Crippen LogP contribution in [0.5, 0.6) is 0 Å². The van der Waals surface area contributed by atoms with E-state index < -0.39 is 11.7 Å². The molecule has 0 fully saturated rings. The van der Waals surface area contributed by atoms with Gasteiger partial charge in [0.25, 0.3) is 5.91 Å². The van der Waals surface area contributed by atoms with Crippen molar-refractivity contribution in [1.82, 2.24) is 15.8 Å². The molecule has 0 bridgehead atoms. The molecular formula is C15H15ClFN3O3. The van der Waals surface area contributed by atoms with E-state index in [4.69, 9.17) is 16.1 Å². The summed E-state index contributed by atoms with van der Waals surface area (Å²) in [6, 6.07) is 4.19. The maximum absolute atomic E-state index is 14.0. The first kappa shape index (κ1) is 17.0. The Morgan fingerprint density at radius 3 is 2.65 bits per heavy atom. The average molecular weight is 340 g/mol. The number of carbonyl (C=O) groups is 2. The van der Waals surface area contributed by atoms with E-state index in [0.717, 1.165) is 0 Å². The summed E-state index contributed by atoms with van der Waals surface area (Å²) in [6.07, 6.45) is 0. The quantitative estimate of drug-likeness (QED) is 0.819. The Bertz CT molecular complexity index is 725. The highest BCUT2D eigenvalue weighted by Crippen LogP contribution is 2.33. The molecule has 23 heavy (non-hydrogen) atoms. The molecule has 0 spiro atoms. The van der Waals surface area contributed by atoms with E-state index in [-0.39, 0.29) is 46.6 Å². The molecule has 0 aliphatic heterocycles. The van der Waals surface area contributed by atoms with Crippen LogP contribution in [0, 0.1) is 12.7 Å². The third kappa shape index (κ3) is 3.87. The van der Waals surface area contributed by atoms with Crippen molar-refractivity contribution in [2.45, 2.75) is 13.8 Å². The molecular weight excluding hydrogens is 325 g/mol. The van der Waals surface area contributed by atoms with Crippen LogP contribution in [0.25, 0.3) is 11.3 Å². The largest absolute Gasteiger partial charge is 0.360 e. The van der Waals surface area contributed by atoms with Gasteiger partial charge in [-0.25, -0.2) is 4.39 Å². The number of aromatic nitrogens is 1. The van der Waals surface area contributed by atoms with E-state index in [0.29, 0.717) is 0 Å². The summed E-state index contributed by atoms with van der Waals surface area (Å²) >= 11 is 6.01.